The van der Waals surface area contributed by atoms with Crippen molar-refractivity contribution in [2.75, 3.05) is 26.4 Å². The van der Waals surface area contributed by atoms with Gasteiger partial charge in [-0.3, -0.25) is 13.8 Å². The van der Waals surface area contributed by atoms with Crippen LogP contribution >= 0.6 is 7.82 Å². The molecule has 50 heavy (non-hydrogen) atoms. The fourth-order valence-electron chi connectivity index (χ4n) is 5.84. The van der Waals surface area contributed by atoms with E-state index in [0.29, 0.717) is 6.42 Å². The Morgan fingerprint density at radius 1 is 0.600 bits per heavy atom. The van der Waals surface area contributed by atoms with Crippen molar-refractivity contribution in [3.8, 4) is 0 Å². The monoisotopic (exact) mass is 730 g/mol. The number of phosphoric ester groups is 1. The van der Waals surface area contributed by atoms with E-state index in [-0.39, 0.29) is 32.3 Å². The summed E-state index contributed by atoms with van der Waals surface area (Å²) in [7, 11) is -4.29. The zero-order valence-corrected chi connectivity index (χ0v) is 33.5. The third-order valence-electron chi connectivity index (χ3n) is 8.94. The average Bonchev–Trinajstić information content (AvgIpc) is 3.10. The van der Waals surface area contributed by atoms with Crippen LogP contribution in [0.15, 0.2) is 24.5 Å². The fraction of sp³-hybridized carbons (Fsp3) is 0.878. The van der Waals surface area contributed by atoms with Crippen LogP contribution in [-0.2, 0) is 27.9 Å². The minimum absolute atomic E-state index is 0.0336. The van der Waals surface area contributed by atoms with E-state index in [1.54, 1.807) is 6.26 Å². The van der Waals surface area contributed by atoms with Crippen molar-refractivity contribution in [3.05, 3.63) is 24.5 Å². The Kier molecular flexibility index (Phi) is 38.1. The van der Waals surface area contributed by atoms with Gasteiger partial charge in [0.15, 0.2) is 6.10 Å². The van der Waals surface area contributed by atoms with Crippen LogP contribution < -0.4 is 5.73 Å². The predicted octanol–water partition coefficient (Wildman–Crippen LogP) is 12.4. The standard InChI is InChI=1S/C41H80NO7P/c1-3-5-7-9-11-13-15-17-19-21-23-25-27-29-31-33-36-46-38-40(39-48-50(44,45)47-37-35-42)49-41(43)34-32-30-28-26-24-22-20-18-16-14-12-10-8-6-4-2/h14,16,33,36,40H,3-13,15,17-32,34-35,37-39,42H2,1-2H3,(H,44,45)/b16-14-,36-33-/t40-/m1/s1. The summed E-state index contributed by atoms with van der Waals surface area (Å²) in [6, 6.07) is 0. The number of hydrogen-bond donors (Lipinski definition) is 2. The topological polar surface area (TPSA) is 117 Å². The van der Waals surface area contributed by atoms with Gasteiger partial charge in [-0.25, -0.2) is 4.57 Å². The summed E-state index contributed by atoms with van der Waals surface area (Å²) in [6.07, 6.45) is 42.8. The van der Waals surface area contributed by atoms with E-state index in [0.717, 1.165) is 32.1 Å². The van der Waals surface area contributed by atoms with E-state index in [4.69, 9.17) is 24.3 Å². The van der Waals surface area contributed by atoms with Gasteiger partial charge in [-0.15, -0.1) is 0 Å². The molecule has 0 aliphatic rings. The zero-order valence-electron chi connectivity index (χ0n) is 32.6. The lowest BCUT2D eigenvalue weighted by Gasteiger charge is -2.19. The molecule has 9 heteroatoms. The lowest BCUT2D eigenvalue weighted by molar-refractivity contribution is -0.153. The molecule has 0 aromatic rings. The summed E-state index contributed by atoms with van der Waals surface area (Å²) in [5.74, 6) is -0.356. The van der Waals surface area contributed by atoms with Gasteiger partial charge in [0, 0.05) is 13.0 Å². The molecule has 0 saturated heterocycles. The van der Waals surface area contributed by atoms with Gasteiger partial charge >= 0.3 is 13.8 Å². The maximum Gasteiger partial charge on any atom is 0.472 e. The second-order valence-corrected chi connectivity index (χ2v) is 15.4. The highest BCUT2D eigenvalue weighted by molar-refractivity contribution is 7.47. The van der Waals surface area contributed by atoms with E-state index in [1.165, 1.54) is 148 Å². The summed E-state index contributed by atoms with van der Waals surface area (Å²) in [4.78, 5) is 22.4. The molecule has 0 spiro atoms. The second-order valence-electron chi connectivity index (χ2n) is 13.9. The Labute approximate surface area is 308 Å². The van der Waals surface area contributed by atoms with Gasteiger partial charge in [0.1, 0.15) is 6.61 Å². The molecule has 0 radical (unpaired) electrons. The third-order valence-corrected chi connectivity index (χ3v) is 9.92. The molecular formula is C41H80NO7P. The first-order valence-corrected chi connectivity index (χ1v) is 22.4. The van der Waals surface area contributed by atoms with E-state index < -0.39 is 13.9 Å². The highest BCUT2D eigenvalue weighted by Crippen LogP contribution is 2.43. The molecule has 0 fully saturated rings. The molecule has 0 rings (SSSR count). The summed E-state index contributed by atoms with van der Waals surface area (Å²) in [5.41, 5.74) is 5.36. The SMILES string of the molecule is CCCCCC/C=C\CCCCCCCCCC(=O)O[C@H](CO/C=C\CCCCCCCCCCCCCCCC)COP(=O)(O)OCCN. The van der Waals surface area contributed by atoms with Gasteiger partial charge in [-0.2, -0.15) is 0 Å². The number of esters is 1. The van der Waals surface area contributed by atoms with Gasteiger partial charge in [-0.05, 0) is 51.0 Å². The first-order chi connectivity index (χ1) is 24.4. The normalized spacial score (nSPS) is 13.7. The quantitative estimate of drug-likeness (QED) is 0.0210. The van der Waals surface area contributed by atoms with Crippen molar-refractivity contribution in [2.24, 2.45) is 5.73 Å². The van der Waals surface area contributed by atoms with Crippen molar-refractivity contribution in [1.29, 1.82) is 0 Å². The van der Waals surface area contributed by atoms with Crippen molar-refractivity contribution < 1.29 is 32.8 Å². The molecule has 0 aromatic carbocycles. The van der Waals surface area contributed by atoms with Crippen LogP contribution in [0.3, 0.4) is 0 Å². The fourth-order valence-corrected chi connectivity index (χ4v) is 6.60. The van der Waals surface area contributed by atoms with Crippen LogP contribution in [0.4, 0.5) is 0 Å². The van der Waals surface area contributed by atoms with Gasteiger partial charge in [-0.1, -0.05) is 161 Å². The Bertz CT molecular complexity index is 823. The first-order valence-electron chi connectivity index (χ1n) is 20.9. The number of nitrogens with two attached hydrogens (primary N) is 1. The van der Waals surface area contributed by atoms with Crippen LogP contribution in [0.1, 0.15) is 200 Å². The molecule has 3 N–H and O–H groups in total. The first kappa shape index (κ1) is 48.8. The molecule has 0 aromatic heterocycles. The molecule has 0 aliphatic carbocycles. The van der Waals surface area contributed by atoms with E-state index >= 15 is 0 Å². The van der Waals surface area contributed by atoms with Gasteiger partial charge in [0.05, 0.1) is 19.5 Å². The van der Waals surface area contributed by atoms with Gasteiger partial charge in [0.2, 0.25) is 0 Å². The number of carbonyl (C=O) groups excluding carboxylic acids is 1. The van der Waals surface area contributed by atoms with E-state index in [9.17, 15) is 14.3 Å². The van der Waals surface area contributed by atoms with Crippen molar-refractivity contribution >= 4 is 13.8 Å². The maximum atomic E-state index is 12.5. The minimum Gasteiger partial charge on any atom is -0.498 e. The second kappa shape index (κ2) is 39.0. The average molecular weight is 730 g/mol. The highest BCUT2D eigenvalue weighted by Gasteiger charge is 2.25. The van der Waals surface area contributed by atoms with Crippen LogP contribution in [0.25, 0.3) is 0 Å². The molecule has 0 bridgehead atoms. The summed E-state index contributed by atoms with van der Waals surface area (Å²) in [6.45, 7) is 4.24. The molecule has 8 nitrogen and oxygen atoms in total. The lowest BCUT2D eigenvalue weighted by atomic mass is 10.0. The van der Waals surface area contributed by atoms with Gasteiger partial charge in [0.25, 0.3) is 0 Å². The van der Waals surface area contributed by atoms with Crippen LogP contribution in [0.2, 0.25) is 0 Å². The third kappa shape index (κ3) is 38.1. The molecule has 1 unspecified atom stereocenters. The largest absolute Gasteiger partial charge is 0.498 e. The zero-order chi connectivity index (χ0) is 36.6. The minimum atomic E-state index is -4.29. The predicted molar refractivity (Wildman–Crippen MR) is 210 cm³/mol. The molecule has 296 valence electrons. The lowest BCUT2D eigenvalue weighted by Crippen LogP contribution is -2.27. The number of phosphoric acid groups is 1. The molecule has 0 saturated carbocycles. The number of allylic oxidation sites excluding steroid dienone is 3. The molecule has 0 heterocycles. The van der Waals surface area contributed by atoms with Crippen LogP contribution in [0, 0.1) is 0 Å². The summed E-state index contributed by atoms with van der Waals surface area (Å²) in [5, 5.41) is 0. The Morgan fingerprint density at radius 3 is 1.50 bits per heavy atom. The molecular weight excluding hydrogens is 649 g/mol. The van der Waals surface area contributed by atoms with Crippen molar-refractivity contribution in [1.82, 2.24) is 0 Å². The number of rotatable bonds is 40. The number of ether oxygens (including phenoxy) is 2. The number of carbonyl (C=O) groups is 1. The summed E-state index contributed by atoms with van der Waals surface area (Å²) < 4.78 is 33.1. The van der Waals surface area contributed by atoms with Crippen LogP contribution in [0.5, 0.6) is 0 Å². The van der Waals surface area contributed by atoms with Gasteiger partial charge < -0.3 is 20.1 Å². The highest BCUT2D eigenvalue weighted by atomic mass is 31.2. The Balaban J connectivity index is 4.09. The maximum absolute atomic E-state index is 12.5. The van der Waals surface area contributed by atoms with Crippen LogP contribution in [-0.4, -0.2) is 43.3 Å². The molecule has 2 atom stereocenters. The molecule has 0 aliphatic heterocycles. The van der Waals surface area contributed by atoms with E-state index in [1.807, 2.05) is 6.08 Å². The smallest absolute Gasteiger partial charge is 0.472 e. The number of hydrogen-bond acceptors (Lipinski definition) is 7. The Hall–Kier alpha value is -1.18. The summed E-state index contributed by atoms with van der Waals surface area (Å²) >= 11 is 0. The van der Waals surface area contributed by atoms with Crippen molar-refractivity contribution in [2.45, 2.75) is 206 Å². The van der Waals surface area contributed by atoms with Crippen molar-refractivity contribution in [3.63, 3.8) is 0 Å². The Morgan fingerprint density at radius 2 is 1.02 bits per heavy atom. The number of unbranched alkanes of at least 4 members (excludes halogenated alkanes) is 25. The van der Waals surface area contributed by atoms with E-state index in [2.05, 4.69) is 26.0 Å². The molecule has 0 amide bonds.